The zero-order valence-corrected chi connectivity index (χ0v) is 19.7. The van der Waals surface area contributed by atoms with Gasteiger partial charge in [0, 0.05) is 35.3 Å². The van der Waals surface area contributed by atoms with Gasteiger partial charge in [-0.3, -0.25) is 0 Å². The van der Waals surface area contributed by atoms with E-state index < -0.39 is 0 Å². The molecule has 0 bridgehead atoms. The highest BCUT2D eigenvalue weighted by molar-refractivity contribution is 7.99. The number of benzene rings is 4. The van der Waals surface area contributed by atoms with Crippen LogP contribution in [0.2, 0.25) is 0 Å². The third-order valence-electron chi connectivity index (χ3n) is 6.37. The number of hydrogen-bond acceptors (Lipinski definition) is 5. The van der Waals surface area contributed by atoms with Crippen LogP contribution in [0.25, 0.3) is 0 Å². The minimum absolute atomic E-state index is 0.866. The number of anilines is 6. The van der Waals surface area contributed by atoms with E-state index >= 15 is 0 Å². The van der Waals surface area contributed by atoms with Crippen molar-refractivity contribution in [1.82, 2.24) is 0 Å². The van der Waals surface area contributed by atoms with Crippen LogP contribution in [0.1, 0.15) is 0 Å². The van der Waals surface area contributed by atoms with E-state index in [2.05, 4.69) is 131 Å². The third kappa shape index (κ3) is 3.58. The molecular formula is C28H26N4S. The average molecular weight is 451 g/mol. The lowest BCUT2D eigenvalue weighted by molar-refractivity contribution is 0.947. The molecule has 0 radical (unpaired) electrons. The Hall–Kier alpha value is -3.57. The molecule has 0 atom stereocenters. The van der Waals surface area contributed by atoms with Gasteiger partial charge in [0.05, 0.1) is 36.1 Å². The summed E-state index contributed by atoms with van der Waals surface area (Å²) in [5.41, 5.74) is 7.53. The first kappa shape index (κ1) is 20.1. The lowest BCUT2D eigenvalue weighted by atomic mass is 10.2. The maximum absolute atomic E-state index is 2.38. The summed E-state index contributed by atoms with van der Waals surface area (Å²) >= 11 is 1.82. The fraction of sp³-hybridized carbons (Fsp3) is 0.143. The van der Waals surface area contributed by atoms with Crippen molar-refractivity contribution in [3.05, 3.63) is 97.1 Å². The zero-order chi connectivity index (χ0) is 22.4. The highest BCUT2D eigenvalue weighted by atomic mass is 32.2. The van der Waals surface area contributed by atoms with E-state index in [1.165, 1.54) is 43.9 Å². The van der Waals surface area contributed by atoms with Gasteiger partial charge in [-0.25, -0.2) is 0 Å². The Labute approximate surface area is 199 Å². The van der Waals surface area contributed by atoms with E-state index in [0.717, 1.165) is 13.3 Å². The van der Waals surface area contributed by atoms with Crippen LogP contribution in [-0.4, -0.2) is 27.4 Å². The minimum Gasteiger partial charge on any atom is -0.355 e. The molecule has 0 spiro atoms. The van der Waals surface area contributed by atoms with Crippen LogP contribution < -0.4 is 19.6 Å². The SMILES string of the molecule is CN1CN(c2cccc(Sc3cccc(N4CN(C)c5ccccc54)c3)c2)c2ccccc21. The van der Waals surface area contributed by atoms with Crippen molar-refractivity contribution < 1.29 is 0 Å². The Morgan fingerprint density at radius 2 is 0.939 bits per heavy atom. The van der Waals surface area contributed by atoms with E-state index in [1.54, 1.807) is 0 Å². The molecule has 0 aliphatic carbocycles. The van der Waals surface area contributed by atoms with Crippen LogP contribution in [0.5, 0.6) is 0 Å². The van der Waals surface area contributed by atoms with E-state index in [1.807, 2.05) is 11.8 Å². The van der Waals surface area contributed by atoms with Gasteiger partial charge in [0.25, 0.3) is 0 Å². The molecule has 4 nitrogen and oxygen atoms in total. The smallest absolute Gasteiger partial charge is 0.0950 e. The van der Waals surface area contributed by atoms with E-state index in [4.69, 9.17) is 0 Å². The van der Waals surface area contributed by atoms with Crippen LogP contribution >= 0.6 is 11.8 Å². The molecule has 164 valence electrons. The van der Waals surface area contributed by atoms with Crippen LogP contribution in [0.3, 0.4) is 0 Å². The second-order valence-electron chi connectivity index (χ2n) is 8.61. The quantitative estimate of drug-likeness (QED) is 0.333. The monoisotopic (exact) mass is 450 g/mol. The summed E-state index contributed by atoms with van der Waals surface area (Å²) in [6, 6.07) is 34.9. The molecular weight excluding hydrogens is 424 g/mol. The largest absolute Gasteiger partial charge is 0.355 e. The highest BCUT2D eigenvalue weighted by Crippen LogP contribution is 2.43. The molecule has 2 aliphatic rings. The van der Waals surface area contributed by atoms with Crippen molar-refractivity contribution >= 4 is 45.9 Å². The number of hydrogen-bond donors (Lipinski definition) is 0. The summed E-state index contributed by atoms with van der Waals surface area (Å²) in [5, 5.41) is 0. The van der Waals surface area contributed by atoms with Gasteiger partial charge in [-0.2, -0.15) is 0 Å². The molecule has 2 heterocycles. The molecule has 5 heteroatoms. The first-order valence-electron chi connectivity index (χ1n) is 11.2. The maximum Gasteiger partial charge on any atom is 0.0950 e. The van der Waals surface area contributed by atoms with E-state index in [0.29, 0.717) is 0 Å². The molecule has 0 unspecified atom stereocenters. The molecule has 0 aromatic heterocycles. The van der Waals surface area contributed by atoms with Crippen molar-refractivity contribution in [3.63, 3.8) is 0 Å². The standard InChI is InChI=1S/C28H26N4S/c1-29-19-31(27-15-5-3-13-25(27)29)21-9-7-11-23(17-21)33-24-12-8-10-22(18-24)32-20-30(2)26-14-4-6-16-28(26)32/h3-18H,19-20H2,1-2H3. The van der Waals surface area contributed by atoms with Crippen molar-refractivity contribution in [3.8, 4) is 0 Å². The van der Waals surface area contributed by atoms with Crippen molar-refractivity contribution in [2.45, 2.75) is 9.79 Å². The summed E-state index contributed by atoms with van der Waals surface area (Å²) in [4.78, 5) is 11.8. The van der Waals surface area contributed by atoms with Crippen molar-refractivity contribution in [1.29, 1.82) is 0 Å². The molecule has 6 rings (SSSR count). The Bertz CT molecular complexity index is 1220. The first-order chi connectivity index (χ1) is 16.2. The number of para-hydroxylation sites is 4. The van der Waals surface area contributed by atoms with Gasteiger partial charge in [-0.15, -0.1) is 0 Å². The Morgan fingerprint density at radius 3 is 1.39 bits per heavy atom. The van der Waals surface area contributed by atoms with Gasteiger partial charge in [0.2, 0.25) is 0 Å². The summed E-state index contributed by atoms with van der Waals surface area (Å²) in [7, 11) is 4.30. The summed E-state index contributed by atoms with van der Waals surface area (Å²) in [5.74, 6) is 0. The third-order valence-corrected chi connectivity index (χ3v) is 7.35. The Kier molecular flexibility index (Phi) is 4.92. The number of fused-ring (bicyclic) bond motifs is 2. The van der Waals surface area contributed by atoms with E-state index in [9.17, 15) is 0 Å². The van der Waals surface area contributed by atoms with Gasteiger partial charge in [-0.1, -0.05) is 48.2 Å². The summed E-state index contributed by atoms with van der Waals surface area (Å²) in [6.45, 7) is 1.73. The predicted molar refractivity (Wildman–Crippen MR) is 141 cm³/mol. The molecule has 0 saturated heterocycles. The fourth-order valence-corrected chi connectivity index (χ4v) is 5.69. The average Bonchev–Trinajstić information content (AvgIpc) is 3.37. The minimum atomic E-state index is 0.866. The summed E-state index contributed by atoms with van der Waals surface area (Å²) in [6.07, 6.45) is 0. The Morgan fingerprint density at radius 1 is 0.515 bits per heavy atom. The number of rotatable bonds is 4. The predicted octanol–water partition coefficient (Wildman–Crippen LogP) is 6.93. The Balaban J connectivity index is 1.27. The molecule has 0 amide bonds. The van der Waals surface area contributed by atoms with E-state index in [-0.39, 0.29) is 0 Å². The lowest BCUT2D eigenvalue weighted by Gasteiger charge is -2.21. The molecule has 4 aromatic carbocycles. The molecule has 0 saturated carbocycles. The molecule has 4 aromatic rings. The van der Waals surface area contributed by atoms with Gasteiger partial charge in [-0.05, 0) is 60.7 Å². The zero-order valence-electron chi connectivity index (χ0n) is 18.8. The summed E-state index contributed by atoms with van der Waals surface area (Å²) < 4.78 is 0. The van der Waals surface area contributed by atoms with Crippen LogP contribution in [0.4, 0.5) is 34.1 Å². The van der Waals surface area contributed by atoms with Crippen LogP contribution in [-0.2, 0) is 0 Å². The van der Waals surface area contributed by atoms with Gasteiger partial charge < -0.3 is 19.6 Å². The van der Waals surface area contributed by atoms with Crippen molar-refractivity contribution in [2.24, 2.45) is 0 Å². The normalized spacial score (nSPS) is 14.6. The molecule has 0 fully saturated rings. The molecule has 2 aliphatic heterocycles. The van der Waals surface area contributed by atoms with Gasteiger partial charge in [0.15, 0.2) is 0 Å². The second-order valence-corrected chi connectivity index (χ2v) is 9.76. The van der Waals surface area contributed by atoms with Crippen LogP contribution in [0.15, 0.2) is 107 Å². The highest BCUT2D eigenvalue weighted by Gasteiger charge is 2.25. The first-order valence-corrected chi connectivity index (χ1v) is 12.0. The van der Waals surface area contributed by atoms with Crippen LogP contribution in [0, 0.1) is 0 Å². The fourth-order valence-electron chi connectivity index (χ4n) is 4.77. The second kappa shape index (κ2) is 8.09. The lowest BCUT2D eigenvalue weighted by Crippen LogP contribution is -2.24. The number of nitrogens with zero attached hydrogens (tertiary/aromatic N) is 4. The van der Waals surface area contributed by atoms with Gasteiger partial charge >= 0.3 is 0 Å². The maximum atomic E-state index is 2.38. The molecule has 0 N–H and O–H groups in total. The molecule has 33 heavy (non-hydrogen) atoms. The van der Waals surface area contributed by atoms with Crippen molar-refractivity contribution in [2.75, 3.05) is 47.0 Å². The van der Waals surface area contributed by atoms with Gasteiger partial charge in [0.1, 0.15) is 0 Å². The topological polar surface area (TPSA) is 13.0 Å².